The molecule has 5 nitrogen and oxygen atoms in total. The lowest BCUT2D eigenvalue weighted by Crippen LogP contribution is -2.31. The molecule has 186 valence electrons. The lowest BCUT2D eigenvalue weighted by molar-refractivity contribution is -0.138. The molecule has 2 amide bonds. The second-order valence-corrected chi connectivity index (χ2v) is 12.0. The van der Waals surface area contributed by atoms with Crippen LogP contribution in [0.2, 0.25) is 0 Å². The van der Waals surface area contributed by atoms with E-state index in [0.29, 0.717) is 40.7 Å². The quantitative estimate of drug-likeness (QED) is 0.503. The lowest BCUT2D eigenvalue weighted by Gasteiger charge is -2.28. The molecular formula is C30H37NO4. The highest BCUT2D eigenvalue weighted by Crippen LogP contribution is 2.46. The van der Waals surface area contributed by atoms with Gasteiger partial charge in [0.25, 0.3) is 11.8 Å². The molecule has 0 saturated carbocycles. The summed E-state index contributed by atoms with van der Waals surface area (Å²) in [6, 6.07) is 7.64. The maximum absolute atomic E-state index is 13.0. The first-order valence-electron chi connectivity index (χ1n) is 12.5. The van der Waals surface area contributed by atoms with E-state index in [4.69, 9.17) is 0 Å². The molecule has 2 N–H and O–H groups in total. The normalized spacial score (nSPS) is 16.8. The van der Waals surface area contributed by atoms with Gasteiger partial charge in [0.15, 0.2) is 0 Å². The zero-order chi connectivity index (χ0) is 25.9. The van der Waals surface area contributed by atoms with Crippen molar-refractivity contribution in [2.75, 3.05) is 0 Å². The highest BCUT2D eigenvalue weighted by Gasteiger charge is 2.39. The summed E-state index contributed by atoms with van der Waals surface area (Å²) >= 11 is 0. The fourth-order valence-electron chi connectivity index (χ4n) is 5.14. The van der Waals surface area contributed by atoms with Crippen LogP contribution in [-0.4, -0.2) is 26.9 Å². The van der Waals surface area contributed by atoms with E-state index in [1.54, 1.807) is 6.07 Å². The second-order valence-electron chi connectivity index (χ2n) is 12.0. The molecule has 1 heterocycles. The molecule has 0 radical (unpaired) electrons. The van der Waals surface area contributed by atoms with E-state index in [1.807, 2.05) is 25.1 Å². The van der Waals surface area contributed by atoms with Gasteiger partial charge >= 0.3 is 0 Å². The first kappa shape index (κ1) is 25.0. The number of phenolic OH excluding ortho intramolecular Hbond substituents is 2. The standard InChI is InChI=1S/C30H37NO4/c1-17-12-13-18(16-31-27(34)20-10-8-9-11-21(20)28(31)35)25(32)24(17)22-14-19(29(2,3)4)15-23(26(22)33)30(5,6)7/h12-15,32-33H,8-11,16H2,1-7H3. The molecule has 0 saturated heterocycles. The van der Waals surface area contributed by atoms with Crippen LogP contribution in [0.1, 0.15) is 89.5 Å². The maximum Gasteiger partial charge on any atom is 0.257 e. The van der Waals surface area contributed by atoms with Gasteiger partial charge in [-0.2, -0.15) is 0 Å². The highest BCUT2D eigenvalue weighted by atomic mass is 16.3. The third-order valence-electron chi connectivity index (χ3n) is 7.33. The summed E-state index contributed by atoms with van der Waals surface area (Å²) in [5.41, 5.74) is 5.07. The average molecular weight is 476 g/mol. The van der Waals surface area contributed by atoms with E-state index in [-0.39, 0.29) is 40.7 Å². The molecule has 2 aromatic carbocycles. The average Bonchev–Trinajstić information content (AvgIpc) is 3.00. The van der Waals surface area contributed by atoms with Crippen molar-refractivity contribution in [1.29, 1.82) is 0 Å². The molecule has 0 spiro atoms. The number of benzene rings is 2. The van der Waals surface area contributed by atoms with Gasteiger partial charge in [-0.3, -0.25) is 14.5 Å². The minimum absolute atomic E-state index is 0.00306. The number of carbonyl (C=O) groups is 2. The van der Waals surface area contributed by atoms with Gasteiger partial charge < -0.3 is 10.2 Å². The summed E-state index contributed by atoms with van der Waals surface area (Å²) in [5.74, 6) is -0.333. The summed E-state index contributed by atoms with van der Waals surface area (Å²) in [4.78, 5) is 27.2. The minimum atomic E-state index is -0.305. The van der Waals surface area contributed by atoms with Crippen molar-refractivity contribution in [2.45, 2.75) is 91.5 Å². The van der Waals surface area contributed by atoms with E-state index >= 15 is 0 Å². The predicted molar refractivity (Wildman–Crippen MR) is 138 cm³/mol. The number of hydrogen-bond donors (Lipinski definition) is 2. The van der Waals surface area contributed by atoms with E-state index in [1.165, 1.54) is 4.90 Å². The van der Waals surface area contributed by atoms with Crippen molar-refractivity contribution in [3.63, 3.8) is 0 Å². The summed E-state index contributed by atoms with van der Waals surface area (Å²) in [7, 11) is 0. The first-order chi connectivity index (χ1) is 16.2. The number of aromatic hydroxyl groups is 2. The van der Waals surface area contributed by atoms with Crippen molar-refractivity contribution < 1.29 is 19.8 Å². The summed E-state index contributed by atoms with van der Waals surface area (Å²) in [5, 5.41) is 22.8. The van der Waals surface area contributed by atoms with Gasteiger partial charge in [-0.15, -0.1) is 0 Å². The maximum atomic E-state index is 13.0. The molecule has 0 bridgehead atoms. The van der Waals surface area contributed by atoms with Gasteiger partial charge in [0.1, 0.15) is 11.5 Å². The number of nitrogens with zero attached hydrogens (tertiary/aromatic N) is 1. The van der Waals surface area contributed by atoms with Crippen LogP contribution in [0.25, 0.3) is 11.1 Å². The van der Waals surface area contributed by atoms with E-state index in [9.17, 15) is 19.8 Å². The third-order valence-corrected chi connectivity index (χ3v) is 7.33. The number of hydrogen-bond acceptors (Lipinski definition) is 4. The Morgan fingerprint density at radius 3 is 1.91 bits per heavy atom. The predicted octanol–water partition coefficient (Wildman–Crippen LogP) is 6.41. The van der Waals surface area contributed by atoms with Gasteiger partial charge in [0, 0.05) is 33.4 Å². The zero-order valence-corrected chi connectivity index (χ0v) is 22.0. The van der Waals surface area contributed by atoms with Crippen LogP contribution in [0.15, 0.2) is 35.4 Å². The van der Waals surface area contributed by atoms with E-state index in [2.05, 4.69) is 41.5 Å². The van der Waals surface area contributed by atoms with Crippen LogP contribution in [0.3, 0.4) is 0 Å². The Morgan fingerprint density at radius 2 is 1.40 bits per heavy atom. The van der Waals surface area contributed by atoms with Crippen molar-refractivity contribution in [1.82, 2.24) is 4.90 Å². The molecule has 5 heteroatoms. The molecule has 0 atom stereocenters. The molecule has 2 aromatic rings. The van der Waals surface area contributed by atoms with Gasteiger partial charge in [-0.25, -0.2) is 0 Å². The number of carbonyl (C=O) groups excluding carboxylic acids is 2. The summed E-state index contributed by atoms with van der Waals surface area (Å²) in [6.07, 6.45) is 3.13. The number of imide groups is 1. The molecular weight excluding hydrogens is 438 g/mol. The number of amides is 2. The van der Waals surface area contributed by atoms with Crippen LogP contribution in [-0.2, 0) is 27.0 Å². The van der Waals surface area contributed by atoms with Gasteiger partial charge in [0.2, 0.25) is 0 Å². The fourth-order valence-corrected chi connectivity index (χ4v) is 5.14. The number of aryl methyl sites for hydroxylation is 1. The Hall–Kier alpha value is -3.08. The van der Waals surface area contributed by atoms with Crippen LogP contribution in [0, 0.1) is 6.92 Å². The first-order valence-corrected chi connectivity index (χ1v) is 12.5. The van der Waals surface area contributed by atoms with Gasteiger partial charge in [0.05, 0.1) is 6.54 Å². The Balaban J connectivity index is 1.82. The van der Waals surface area contributed by atoms with Crippen molar-refractivity contribution in [2.24, 2.45) is 0 Å². The Bertz CT molecular complexity index is 1230. The number of rotatable bonds is 3. The topological polar surface area (TPSA) is 77.8 Å². The third kappa shape index (κ3) is 4.37. The fraction of sp³-hybridized carbons (Fsp3) is 0.467. The molecule has 0 unspecified atom stereocenters. The van der Waals surface area contributed by atoms with Crippen LogP contribution >= 0.6 is 0 Å². The monoisotopic (exact) mass is 475 g/mol. The molecule has 0 fully saturated rings. The molecule has 1 aliphatic heterocycles. The van der Waals surface area contributed by atoms with Crippen molar-refractivity contribution in [3.8, 4) is 22.6 Å². The second kappa shape index (κ2) is 8.54. The lowest BCUT2D eigenvalue weighted by atomic mass is 9.77. The summed E-state index contributed by atoms with van der Waals surface area (Å²) in [6.45, 7) is 14.4. The van der Waals surface area contributed by atoms with Crippen LogP contribution < -0.4 is 0 Å². The number of phenols is 2. The Morgan fingerprint density at radius 1 is 0.829 bits per heavy atom. The van der Waals surface area contributed by atoms with Gasteiger partial charge in [-0.05, 0) is 60.6 Å². The minimum Gasteiger partial charge on any atom is -0.507 e. The highest BCUT2D eigenvalue weighted by molar-refractivity contribution is 6.19. The zero-order valence-electron chi connectivity index (χ0n) is 22.0. The smallest absolute Gasteiger partial charge is 0.257 e. The van der Waals surface area contributed by atoms with Crippen LogP contribution in [0.4, 0.5) is 0 Å². The molecule has 35 heavy (non-hydrogen) atoms. The van der Waals surface area contributed by atoms with E-state index < -0.39 is 0 Å². The van der Waals surface area contributed by atoms with Crippen molar-refractivity contribution in [3.05, 3.63) is 57.7 Å². The molecule has 0 aromatic heterocycles. The SMILES string of the molecule is Cc1ccc(CN2C(=O)C3=C(CCCC3)C2=O)c(O)c1-c1cc(C(C)(C)C)cc(C(C)(C)C)c1O. The van der Waals surface area contributed by atoms with Gasteiger partial charge in [-0.1, -0.05) is 59.7 Å². The van der Waals surface area contributed by atoms with E-state index in [0.717, 1.165) is 29.5 Å². The Kier molecular flexibility index (Phi) is 6.11. The van der Waals surface area contributed by atoms with Crippen molar-refractivity contribution >= 4 is 11.8 Å². The summed E-state index contributed by atoms with van der Waals surface area (Å²) < 4.78 is 0. The van der Waals surface area contributed by atoms with Crippen LogP contribution in [0.5, 0.6) is 11.5 Å². The Labute approximate surface area is 208 Å². The molecule has 4 rings (SSSR count). The molecule has 1 aliphatic carbocycles. The molecule has 2 aliphatic rings. The largest absolute Gasteiger partial charge is 0.507 e.